The van der Waals surface area contributed by atoms with E-state index in [4.69, 9.17) is 10.9 Å². The van der Waals surface area contributed by atoms with Gasteiger partial charge in [0, 0.05) is 30.8 Å². The smallest absolute Gasteiger partial charge is 0.197 e. The standard InChI is InChI=1S/C9H18N4OS/c1-2-13(4-3-5-14)7-8-6-11-9(12-10)15-8/h6,14H,2-5,7,10H2,1H3,(H,11,12). The number of nitrogens with zero attached hydrogens (tertiary/aromatic N) is 2. The molecule has 0 aliphatic heterocycles. The average molecular weight is 230 g/mol. The van der Waals surface area contributed by atoms with Crippen molar-refractivity contribution >= 4 is 16.5 Å². The molecule has 0 amide bonds. The van der Waals surface area contributed by atoms with Crippen LogP contribution in [0.4, 0.5) is 5.13 Å². The number of hydrogen-bond acceptors (Lipinski definition) is 6. The van der Waals surface area contributed by atoms with Gasteiger partial charge in [0.1, 0.15) is 0 Å². The van der Waals surface area contributed by atoms with Crippen LogP contribution in [-0.2, 0) is 6.54 Å². The lowest BCUT2D eigenvalue weighted by atomic mass is 10.3. The van der Waals surface area contributed by atoms with Gasteiger partial charge < -0.3 is 5.11 Å². The monoisotopic (exact) mass is 230 g/mol. The van der Waals surface area contributed by atoms with Crippen molar-refractivity contribution in [2.75, 3.05) is 25.1 Å². The highest BCUT2D eigenvalue weighted by atomic mass is 32.1. The van der Waals surface area contributed by atoms with Crippen LogP contribution in [0.25, 0.3) is 0 Å². The van der Waals surface area contributed by atoms with Gasteiger partial charge in [-0.25, -0.2) is 10.8 Å². The van der Waals surface area contributed by atoms with Gasteiger partial charge in [-0.1, -0.05) is 18.3 Å². The van der Waals surface area contributed by atoms with Gasteiger partial charge >= 0.3 is 0 Å². The first-order chi connectivity index (χ1) is 7.30. The van der Waals surface area contributed by atoms with E-state index in [9.17, 15) is 0 Å². The van der Waals surface area contributed by atoms with E-state index in [1.165, 1.54) is 4.88 Å². The van der Waals surface area contributed by atoms with Gasteiger partial charge in [-0.05, 0) is 13.0 Å². The second-order valence-electron chi connectivity index (χ2n) is 3.22. The van der Waals surface area contributed by atoms with Gasteiger partial charge in [-0.3, -0.25) is 10.3 Å². The lowest BCUT2D eigenvalue weighted by molar-refractivity contribution is 0.226. The number of aromatic nitrogens is 1. The van der Waals surface area contributed by atoms with Crippen LogP contribution in [0.2, 0.25) is 0 Å². The van der Waals surface area contributed by atoms with E-state index < -0.39 is 0 Å². The predicted octanol–water partition coefficient (Wildman–Crippen LogP) is 0.633. The maximum absolute atomic E-state index is 8.76. The number of hydrogen-bond donors (Lipinski definition) is 3. The lowest BCUT2D eigenvalue weighted by Crippen LogP contribution is -2.24. The molecule has 0 unspecified atom stereocenters. The Bertz CT molecular complexity index is 279. The Morgan fingerprint density at radius 2 is 2.47 bits per heavy atom. The van der Waals surface area contributed by atoms with Gasteiger partial charge in [-0.15, -0.1) is 0 Å². The number of nitrogens with one attached hydrogen (secondary N) is 1. The van der Waals surface area contributed by atoms with Crippen LogP contribution in [-0.4, -0.2) is 34.7 Å². The summed E-state index contributed by atoms with van der Waals surface area (Å²) < 4.78 is 0. The van der Waals surface area contributed by atoms with Crippen molar-refractivity contribution in [3.05, 3.63) is 11.1 Å². The molecule has 0 bridgehead atoms. The molecule has 0 radical (unpaired) electrons. The van der Waals surface area contributed by atoms with E-state index in [2.05, 4.69) is 22.2 Å². The van der Waals surface area contributed by atoms with Gasteiger partial charge in [0.15, 0.2) is 5.13 Å². The average Bonchev–Trinajstić information content (AvgIpc) is 2.71. The summed E-state index contributed by atoms with van der Waals surface area (Å²) in [4.78, 5) is 7.56. The maximum atomic E-state index is 8.76. The molecule has 0 spiro atoms. The van der Waals surface area contributed by atoms with E-state index in [-0.39, 0.29) is 6.61 Å². The molecule has 0 aliphatic carbocycles. The molecule has 0 saturated heterocycles. The van der Waals surface area contributed by atoms with Crippen LogP contribution in [0.15, 0.2) is 6.20 Å². The van der Waals surface area contributed by atoms with E-state index in [0.717, 1.165) is 31.2 Å². The van der Waals surface area contributed by atoms with Gasteiger partial charge in [0.2, 0.25) is 0 Å². The Labute approximate surface area is 93.9 Å². The molecule has 1 aromatic heterocycles. The fourth-order valence-electron chi connectivity index (χ4n) is 1.31. The zero-order chi connectivity index (χ0) is 11.1. The Hall–Kier alpha value is -0.690. The minimum atomic E-state index is 0.245. The summed E-state index contributed by atoms with van der Waals surface area (Å²) in [6.07, 6.45) is 2.65. The summed E-state index contributed by atoms with van der Waals surface area (Å²) >= 11 is 1.56. The Morgan fingerprint density at radius 3 is 3.00 bits per heavy atom. The molecule has 1 heterocycles. The number of aliphatic hydroxyl groups is 1. The summed E-state index contributed by atoms with van der Waals surface area (Å²) in [6.45, 7) is 5.12. The highest BCUT2D eigenvalue weighted by molar-refractivity contribution is 7.15. The highest BCUT2D eigenvalue weighted by Gasteiger charge is 2.06. The van der Waals surface area contributed by atoms with E-state index >= 15 is 0 Å². The molecule has 5 nitrogen and oxygen atoms in total. The van der Waals surface area contributed by atoms with Gasteiger partial charge in [0.25, 0.3) is 0 Å². The van der Waals surface area contributed by atoms with E-state index in [0.29, 0.717) is 0 Å². The molecule has 4 N–H and O–H groups in total. The molecule has 0 aliphatic rings. The molecule has 0 aromatic carbocycles. The Morgan fingerprint density at radius 1 is 1.67 bits per heavy atom. The molecule has 0 saturated carbocycles. The maximum Gasteiger partial charge on any atom is 0.197 e. The van der Waals surface area contributed by atoms with Crippen molar-refractivity contribution in [3.63, 3.8) is 0 Å². The Balaban J connectivity index is 2.43. The van der Waals surface area contributed by atoms with Crippen LogP contribution < -0.4 is 11.3 Å². The number of hydrazine groups is 1. The molecule has 0 fully saturated rings. The first-order valence-electron chi connectivity index (χ1n) is 5.04. The SMILES string of the molecule is CCN(CCCO)Cc1cnc(NN)s1. The van der Waals surface area contributed by atoms with Crippen molar-refractivity contribution in [1.29, 1.82) is 0 Å². The number of aliphatic hydroxyl groups excluding tert-OH is 1. The topological polar surface area (TPSA) is 74.4 Å². The largest absolute Gasteiger partial charge is 0.396 e. The quantitative estimate of drug-likeness (QED) is 0.473. The third-order valence-corrected chi connectivity index (χ3v) is 3.05. The Kier molecular flexibility index (Phi) is 5.56. The number of rotatable bonds is 7. The van der Waals surface area contributed by atoms with Crippen LogP contribution >= 0.6 is 11.3 Å². The number of anilines is 1. The summed E-state index contributed by atoms with van der Waals surface area (Å²) in [5.74, 6) is 5.26. The summed E-state index contributed by atoms with van der Waals surface area (Å²) in [7, 11) is 0. The van der Waals surface area contributed by atoms with Crippen molar-refractivity contribution in [3.8, 4) is 0 Å². The van der Waals surface area contributed by atoms with Gasteiger partial charge in [0.05, 0.1) is 0 Å². The summed E-state index contributed by atoms with van der Waals surface area (Å²) in [5, 5.41) is 9.50. The number of nitrogen functional groups attached to an aromatic ring is 1. The molecule has 1 rings (SSSR count). The number of thiazole rings is 1. The molecule has 86 valence electrons. The third kappa shape index (κ3) is 4.13. The molecule has 1 aromatic rings. The second kappa shape index (κ2) is 6.73. The number of nitrogens with two attached hydrogens (primary N) is 1. The van der Waals surface area contributed by atoms with Crippen LogP contribution in [0, 0.1) is 0 Å². The van der Waals surface area contributed by atoms with Crippen molar-refractivity contribution in [1.82, 2.24) is 9.88 Å². The van der Waals surface area contributed by atoms with Crippen LogP contribution in [0.1, 0.15) is 18.2 Å². The zero-order valence-electron chi connectivity index (χ0n) is 8.94. The second-order valence-corrected chi connectivity index (χ2v) is 4.34. The minimum Gasteiger partial charge on any atom is -0.396 e. The third-order valence-electron chi connectivity index (χ3n) is 2.14. The molecule has 0 atom stereocenters. The zero-order valence-corrected chi connectivity index (χ0v) is 9.76. The fourth-order valence-corrected chi connectivity index (χ4v) is 2.08. The molecule has 6 heteroatoms. The minimum absolute atomic E-state index is 0.245. The van der Waals surface area contributed by atoms with Crippen molar-refractivity contribution in [2.24, 2.45) is 5.84 Å². The highest BCUT2D eigenvalue weighted by Crippen LogP contribution is 2.18. The summed E-state index contributed by atoms with van der Waals surface area (Å²) in [6, 6.07) is 0. The molecule has 15 heavy (non-hydrogen) atoms. The normalized spacial score (nSPS) is 10.9. The molecular weight excluding hydrogens is 212 g/mol. The van der Waals surface area contributed by atoms with E-state index in [1.54, 1.807) is 11.3 Å². The van der Waals surface area contributed by atoms with Gasteiger partial charge in [-0.2, -0.15) is 0 Å². The lowest BCUT2D eigenvalue weighted by Gasteiger charge is -2.18. The fraction of sp³-hybridized carbons (Fsp3) is 0.667. The summed E-state index contributed by atoms with van der Waals surface area (Å²) in [5.41, 5.74) is 2.53. The predicted molar refractivity (Wildman–Crippen MR) is 62.6 cm³/mol. The first kappa shape index (κ1) is 12.4. The van der Waals surface area contributed by atoms with Crippen molar-refractivity contribution in [2.45, 2.75) is 19.9 Å². The van der Waals surface area contributed by atoms with Crippen LogP contribution in [0.5, 0.6) is 0 Å². The molecular formula is C9H18N4OS. The van der Waals surface area contributed by atoms with Crippen LogP contribution in [0.3, 0.4) is 0 Å². The van der Waals surface area contributed by atoms with Crippen molar-refractivity contribution < 1.29 is 5.11 Å². The van der Waals surface area contributed by atoms with E-state index in [1.807, 2.05) is 6.20 Å². The first-order valence-corrected chi connectivity index (χ1v) is 5.86.